The average Bonchev–Trinajstić information content (AvgIpc) is 3.00. The molecule has 168 valence electrons. The quantitative estimate of drug-likeness (QED) is 0.581. The van der Waals surface area contributed by atoms with Crippen LogP contribution in [0, 0.1) is 0 Å². The van der Waals surface area contributed by atoms with Gasteiger partial charge in [0.1, 0.15) is 5.75 Å². The molecule has 2 atom stereocenters. The Bertz CT molecular complexity index is 1170. The van der Waals surface area contributed by atoms with Gasteiger partial charge in [-0.3, -0.25) is 9.59 Å². The van der Waals surface area contributed by atoms with Crippen LogP contribution in [-0.2, 0) is 17.8 Å². The predicted octanol–water partition coefficient (Wildman–Crippen LogP) is 5.52. The lowest BCUT2D eigenvalue weighted by Crippen LogP contribution is -2.42. The van der Waals surface area contributed by atoms with Crippen molar-refractivity contribution in [1.82, 2.24) is 4.90 Å². The van der Waals surface area contributed by atoms with Crippen molar-refractivity contribution >= 4 is 17.5 Å². The maximum absolute atomic E-state index is 13.5. The highest BCUT2D eigenvalue weighted by Gasteiger charge is 2.36. The van der Waals surface area contributed by atoms with Crippen LogP contribution in [0.4, 0.5) is 5.69 Å². The van der Waals surface area contributed by atoms with Crippen molar-refractivity contribution in [1.29, 1.82) is 0 Å². The number of amides is 2. The number of ether oxygens (including phenoxy) is 1. The number of fused-ring (bicyclic) bond motifs is 2. The summed E-state index contributed by atoms with van der Waals surface area (Å²) in [6.07, 6.45) is 3.15. The summed E-state index contributed by atoms with van der Waals surface area (Å²) in [5.41, 5.74) is 4.77. The van der Waals surface area contributed by atoms with E-state index in [0.29, 0.717) is 30.0 Å². The van der Waals surface area contributed by atoms with Gasteiger partial charge >= 0.3 is 0 Å². The second-order valence-electron chi connectivity index (χ2n) is 8.73. The lowest BCUT2D eigenvalue weighted by atomic mass is 9.86. The van der Waals surface area contributed by atoms with E-state index in [1.807, 2.05) is 48.2 Å². The van der Waals surface area contributed by atoms with Crippen LogP contribution in [0.25, 0.3) is 0 Å². The van der Waals surface area contributed by atoms with Gasteiger partial charge in [-0.1, -0.05) is 49.4 Å². The van der Waals surface area contributed by atoms with Crippen LogP contribution in [0.3, 0.4) is 0 Å². The Morgan fingerprint density at radius 3 is 2.64 bits per heavy atom. The molecule has 0 aromatic heterocycles. The molecule has 5 nitrogen and oxygen atoms in total. The van der Waals surface area contributed by atoms with Crippen LogP contribution in [0.15, 0.2) is 72.8 Å². The van der Waals surface area contributed by atoms with E-state index in [1.54, 1.807) is 12.1 Å². The van der Waals surface area contributed by atoms with Crippen molar-refractivity contribution in [2.75, 3.05) is 5.32 Å². The molecule has 2 aliphatic rings. The Labute approximate surface area is 194 Å². The van der Waals surface area contributed by atoms with E-state index in [4.69, 9.17) is 4.74 Å². The van der Waals surface area contributed by atoms with E-state index in [0.717, 1.165) is 24.8 Å². The molecular formula is C28H28N2O3. The van der Waals surface area contributed by atoms with Crippen molar-refractivity contribution in [3.63, 3.8) is 0 Å². The fraction of sp³-hybridized carbons (Fsp3) is 0.286. The van der Waals surface area contributed by atoms with Gasteiger partial charge in [-0.15, -0.1) is 0 Å². The smallest absolute Gasteiger partial charge is 0.264 e. The summed E-state index contributed by atoms with van der Waals surface area (Å²) >= 11 is 0. The molecule has 1 aliphatic heterocycles. The molecular weight excluding hydrogens is 412 g/mol. The third-order valence-electron chi connectivity index (χ3n) is 6.61. The predicted molar refractivity (Wildman–Crippen MR) is 128 cm³/mol. The van der Waals surface area contributed by atoms with E-state index < -0.39 is 6.10 Å². The first kappa shape index (κ1) is 21.3. The van der Waals surface area contributed by atoms with Gasteiger partial charge in [0, 0.05) is 16.8 Å². The van der Waals surface area contributed by atoms with E-state index in [1.165, 1.54) is 11.1 Å². The third-order valence-corrected chi connectivity index (χ3v) is 6.61. The highest BCUT2D eigenvalue weighted by molar-refractivity contribution is 6.04. The lowest BCUT2D eigenvalue weighted by molar-refractivity contribution is -0.141. The molecule has 1 N–H and O–H groups in total. The van der Waals surface area contributed by atoms with Crippen LogP contribution in [0.2, 0.25) is 0 Å². The van der Waals surface area contributed by atoms with Crippen molar-refractivity contribution in [3.8, 4) is 5.75 Å². The van der Waals surface area contributed by atoms with Gasteiger partial charge in [0.25, 0.3) is 11.8 Å². The van der Waals surface area contributed by atoms with E-state index in [-0.39, 0.29) is 17.9 Å². The van der Waals surface area contributed by atoms with Crippen LogP contribution in [0.1, 0.15) is 59.3 Å². The first-order valence-corrected chi connectivity index (χ1v) is 11.7. The standard InChI is InChI=1S/C28H28N2O3/c1-2-25-28(32)30(24-14-8-12-19-9-6-7-13-23(19)24)18-21-17-22(15-16-26(21)33-25)29-27(31)20-10-4-3-5-11-20/h3-7,9-11,13,15-17,24-25H,2,8,12,14,18H2,1H3,(H,29,31). The summed E-state index contributed by atoms with van der Waals surface area (Å²) in [5.74, 6) is 0.579. The zero-order valence-electron chi connectivity index (χ0n) is 18.8. The number of benzene rings is 3. The molecule has 0 radical (unpaired) electrons. The van der Waals surface area contributed by atoms with E-state index in [2.05, 4.69) is 29.6 Å². The molecule has 3 aromatic carbocycles. The molecule has 0 fully saturated rings. The molecule has 5 rings (SSSR count). The Morgan fingerprint density at radius 1 is 1.03 bits per heavy atom. The summed E-state index contributed by atoms with van der Waals surface area (Å²) < 4.78 is 6.17. The van der Waals surface area contributed by atoms with Gasteiger partial charge < -0.3 is 15.0 Å². The molecule has 1 aliphatic carbocycles. The number of anilines is 1. The summed E-state index contributed by atoms with van der Waals surface area (Å²) in [7, 11) is 0. The number of hydrogen-bond acceptors (Lipinski definition) is 3. The largest absolute Gasteiger partial charge is 0.480 e. The molecule has 5 heteroatoms. The molecule has 2 unspecified atom stereocenters. The van der Waals surface area contributed by atoms with Gasteiger partial charge in [0.05, 0.1) is 12.6 Å². The van der Waals surface area contributed by atoms with Crippen molar-refractivity contribution in [2.24, 2.45) is 0 Å². The molecule has 1 heterocycles. The summed E-state index contributed by atoms with van der Waals surface area (Å²) in [5, 5.41) is 2.98. The van der Waals surface area contributed by atoms with Crippen LogP contribution in [-0.4, -0.2) is 22.8 Å². The number of carbonyl (C=O) groups is 2. The summed E-state index contributed by atoms with van der Waals surface area (Å²) in [6.45, 7) is 2.44. The first-order chi connectivity index (χ1) is 16.1. The van der Waals surface area contributed by atoms with Crippen molar-refractivity contribution in [3.05, 3.63) is 95.1 Å². The van der Waals surface area contributed by atoms with Crippen LogP contribution >= 0.6 is 0 Å². The minimum absolute atomic E-state index is 0.0327. The van der Waals surface area contributed by atoms with Crippen LogP contribution < -0.4 is 10.1 Å². The monoisotopic (exact) mass is 440 g/mol. The fourth-order valence-electron chi connectivity index (χ4n) is 4.91. The van der Waals surface area contributed by atoms with Crippen molar-refractivity contribution in [2.45, 2.75) is 51.3 Å². The maximum Gasteiger partial charge on any atom is 0.264 e. The zero-order chi connectivity index (χ0) is 22.8. The molecule has 0 saturated carbocycles. The second kappa shape index (κ2) is 9.10. The summed E-state index contributed by atoms with van der Waals surface area (Å²) in [6, 6.07) is 23.3. The molecule has 0 spiro atoms. The lowest BCUT2D eigenvalue weighted by Gasteiger charge is -2.36. The minimum Gasteiger partial charge on any atom is -0.480 e. The highest BCUT2D eigenvalue weighted by Crippen LogP contribution is 2.39. The minimum atomic E-state index is -0.509. The van der Waals surface area contributed by atoms with Gasteiger partial charge in [-0.25, -0.2) is 0 Å². The molecule has 0 bridgehead atoms. The average molecular weight is 441 g/mol. The number of nitrogens with one attached hydrogen (secondary N) is 1. The van der Waals surface area contributed by atoms with Crippen LogP contribution in [0.5, 0.6) is 5.75 Å². The SMILES string of the molecule is CCC1Oc2ccc(NC(=O)c3ccccc3)cc2CN(C2CCCc3ccccc32)C1=O. The topological polar surface area (TPSA) is 58.6 Å². The number of rotatable bonds is 4. The Hall–Kier alpha value is -3.60. The Balaban J connectivity index is 1.47. The van der Waals surface area contributed by atoms with Gasteiger partial charge in [0.2, 0.25) is 0 Å². The van der Waals surface area contributed by atoms with Gasteiger partial charge in [0.15, 0.2) is 6.10 Å². The summed E-state index contributed by atoms with van der Waals surface area (Å²) in [4.78, 5) is 28.2. The highest BCUT2D eigenvalue weighted by atomic mass is 16.5. The third kappa shape index (κ3) is 4.23. The first-order valence-electron chi connectivity index (χ1n) is 11.7. The van der Waals surface area contributed by atoms with E-state index >= 15 is 0 Å². The Kier molecular flexibility index (Phi) is 5.86. The van der Waals surface area contributed by atoms with Gasteiger partial charge in [-0.2, -0.15) is 0 Å². The Morgan fingerprint density at radius 2 is 1.82 bits per heavy atom. The van der Waals surface area contributed by atoms with Crippen molar-refractivity contribution < 1.29 is 14.3 Å². The number of hydrogen-bond donors (Lipinski definition) is 1. The maximum atomic E-state index is 13.5. The molecule has 3 aromatic rings. The molecule has 0 saturated heterocycles. The zero-order valence-corrected chi connectivity index (χ0v) is 18.8. The van der Waals surface area contributed by atoms with Gasteiger partial charge in [-0.05, 0) is 67.1 Å². The fourth-order valence-corrected chi connectivity index (χ4v) is 4.91. The normalized spacial score (nSPS) is 19.7. The number of aryl methyl sites for hydroxylation is 1. The number of carbonyl (C=O) groups excluding carboxylic acids is 2. The van der Waals surface area contributed by atoms with E-state index in [9.17, 15) is 9.59 Å². The molecule has 33 heavy (non-hydrogen) atoms. The molecule has 2 amide bonds. The number of nitrogens with zero attached hydrogens (tertiary/aromatic N) is 1. The second-order valence-corrected chi connectivity index (χ2v) is 8.73.